The average Bonchev–Trinajstić information content (AvgIpc) is 2.27. The number of benzene rings is 1. The maximum atomic E-state index is 5.97. The van der Waals surface area contributed by atoms with Crippen LogP contribution in [0.5, 0.6) is 0 Å². The molecule has 0 aliphatic carbocycles. The molecule has 1 N–H and O–H groups in total. The third kappa shape index (κ3) is 5.00. The molecule has 0 fully saturated rings. The Balaban J connectivity index is 2.41. The van der Waals surface area contributed by atoms with Crippen molar-refractivity contribution in [3.63, 3.8) is 0 Å². The Hall–Kier alpha value is -0.530. The molecule has 1 nitrogen and oxygen atoms in total. The van der Waals surface area contributed by atoms with Crippen LogP contribution in [0.25, 0.3) is 0 Å². The van der Waals surface area contributed by atoms with Crippen LogP contribution in [-0.2, 0) is 6.42 Å². The smallest absolute Gasteiger partial charge is 0.0408 e. The van der Waals surface area contributed by atoms with Crippen molar-refractivity contribution in [2.75, 3.05) is 6.54 Å². The lowest BCUT2D eigenvalue weighted by molar-refractivity contribution is 0.460. The Morgan fingerprint density at radius 1 is 1.25 bits per heavy atom. The highest BCUT2D eigenvalue weighted by molar-refractivity contribution is 6.30. The summed E-state index contributed by atoms with van der Waals surface area (Å²) >= 11 is 5.97. The van der Waals surface area contributed by atoms with E-state index in [0.29, 0.717) is 6.04 Å². The molecule has 0 aliphatic rings. The van der Waals surface area contributed by atoms with Crippen LogP contribution in [0.4, 0.5) is 0 Å². The molecule has 0 saturated carbocycles. The van der Waals surface area contributed by atoms with Crippen molar-refractivity contribution < 1.29 is 0 Å². The molecule has 0 bridgehead atoms. The summed E-state index contributed by atoms with van der Waals surface area (Å²) in [5, 5.41) is 4.38. The lowest BCUT2D eigenvalue weighted by Crippen LogP contribution is -2.29. The van der Waals surface area contributed by atoms with Crippen LogP contribution < -0.4 is 5.32 Å². The average molecular weight is 240 g/mol. The normalized spacial score (nSPS) is 12.7. The first-order valence-corrected chi connectivity index (χ1v) is 6.61. The van der Waals surface area contributed by atoms with E-state index in [2.05, 4.69) is 31.3 Å². The first-order chi connectivity index (χ1) is 7.76. The molecule has 0 spiro atoms. The van der Waals surface area contributed by atoms with Crippen LogP contribution in [0.15, 0.2) is 24.3 Å². The van der Waals surface area contributed by atoms with Gasteiger partial charge in [-0.25, -0.2) is 0 Å². The molecule has 1 unspecified atom stereocenters. The summed E-state index contributed by atoms with van der Waals surface area (Å²) < 4.78 is 0. The maximum absolute atomic E-state index is 5.97. The number of rotatable bonds is 7. The van der Waals surface area contributed by atoms with Gasteiger partial charge in [0.15, 0.2) is 0 Å². The Bertz CT molecular complexity index is 293. The molecule has 1 aromatic carbocycles. The van der Waals surface area contributed by atoms with E-state index in [1.54, 1.807) is 0 Å². The second-order valence-corrected chi connectivity index (χ2v) is 4.65. The molecule has 0 radical (unpaired) electrons. The number of halogens is 1. The second-order valence-electron chi connectivity index (χ2n) is 4.21. The Kier molecular flexibility index (Phi) is 6.51. The van der Waals surface area contributed by atoms with Crippen molar-refractivity contribution in [2.45, 2.75) is 45.6 Å². The molecule has 0 aliphatic heterocycles. The summed E-state index contributed by atoms with van der Waals surface area (Å²) in [5.74, 6) is 0. The molecule has 0 saturated heterocycles. The van der Waals surface area contributed by atoms with Crippen molar-refractivity contribution in [2.24, 2.45) is 0 Å². The van der Waals surface area contributed by atoms with Gasteiger partial charge in [0.2, 0.25) is 0 Å². The molecule has 16 heavy (non-hydrogen) atoms. The summed E-state index contributed by atoms with van der Waals surface area (Å²) in [6.45, 7) is 5.46. The standard InChI is InChI=1S/C14H22ClN/c1-3-6-14(16-4-2)10-9-12-7-5-8-13(15)11-12/h5,7-8,11,14,16H,3-4,6,9-10H2,1-2H3. The summed E-state index contributed by atoms with van der Waals surface area (Å²) in [7, 11) is 0. The summed E-state index contributed by atoms with van der Waals surface area (Å²) in [6, 6.07) is 8.82. The molecule has 2 heteroatoms. The lowest BCUT2D eigenvalue weighted by atomic mass is 10.0. The van der Waals surface area contributed by atoms with E-state index in [-0.39, 0.29) is 0 Å². The van der Waals surface area contributed by atoms with Crippen LogP contribution >= 0.6 is 11.6 Å². The predicted octanol–water partition coefficient (Wildman–Crippen LogP) is 4.05. The minimum absolute atomic E-state index is 0.647. The van der Waals surface area contributed by atoms with E-state index in [9.17, 15) is 0 Å². The van der Waals surface area contributed by atoms with Crippen LogP contribution in [0.1, 0.15) is 38.7 Å². The summed E-state index contributed by atoms with van der Waals surface area (Å²) in [5.41, 5.74) is 1.34. The highest BCUT2D eigenvalue weighted by Crippen LogP contribution is 2.14. The summed E-state index contributed by atoms with van der Waals surface area (Å²) in [6.07, 6.45) is 4.81. The minimum Gasteiger partial charge on any atom is -0.314 e. The third-order valence-corrected chi connectivity index (χ3v) is 3.04. The first kappa shape index (κ1) is 13.5. The topological polar surface area (TPSA) is 12.0 Å². The van der Waals surface area contributed by atoms with Gasteiger partial charge in [-0.2, -0.15) is 0 Å². The zero-order valence-electron chi connectivity index (χ0n) is 10.3. The molecule has 1 rings (SSSR count). The largest absolute Gasteiger partial charge is 0.314 e. The Labute approximate surface area is 104 Å². The molecule has 1 atom stereocenters. The number of nitrogens with one attached hydrogen (secondary N) is 1. The van der Waals surface area contributed by atoms with Gasteiger partial charge in [-0.15, -0.1) is 0 Å². The number of hydrogen-bond acceptors (Lipinski definition) is 1. The number of hydrogen-bond donors (Lipinski definition) is 1. The predicted molar refractivity (Wildman–Crippen MR) is 72.1 cm³/mol. The van der Waals surface area contributed by atoms with Gasteiger partial charge in [0.05, 0.1) is 0 Å². The molecule has 0 aromatic heterocycles. The van der Waals surface area contributed by atoms with Gasteiger partial charge >= 0.3 is 0 Å². The lowest BCUT2D eigenvalue weighted by Gasteiger charge is -2.16. The van der Waals surface area contributed by atoms with Crippen LogP contribution in [0.3, 0.4) is 0 Å². The van der Waals surface area contributed by atoms with Crippen molar-refractivity contribution in [3.8, 4) is 0 Å². The first-order valence-electron chi connectivity index (χ1n) is 6.24. The van der Waals surface area contributed by atoms with E-state index < -0.39 is 0 Å². The fourth-order valence-electron chi connectivity index (χ4n) is 2.02. The van der Waals surface area contributed by atoms with Gasteiger partial charge in [-0.3, -0.25) is 0 Å². The molecular weight excluding hydrogens is 218 g/mol. The fraction of sp³-hybridized carbons (Fsp3) is 0.571. The highest BCUT2D eigenvalue weighted by atomic mass is 35.5. The summed E-state index contributed by atoms with van der Waals surface area (Å²) in [4.78, 5) is 0. The maximum Gasteiger partial charge on any atom is 0.0408 e. The van der Waals surface area contributed by atoms with Crippen molar-refractivity contribution in [3.05, 3.63) is 34.9 Å². The van der Waals surface area contributed by atoms with Crippen LogP contribution in [-0.4, -0.2) is 12.6 Å². The van der Waals surface area contributed by atoms with Crippen LogP contribution in [0.2, 0.25) is 5.02 Å². The zero-order chi connectivity index (χ0) is 11.8. The Morgan fingerprint density at radius 2 is 2.06 bits per heavy atom. The molecule has 1 aromatic rings. The monoisotopic (exact) mass is 239 g/mol. The van der Waals surface area contributed by atoms with Crippen molar-refractivity contribution >= 4 is 11.6 Å². The van der Waals surface area contributed by atoms with Gasteiger partial charge in [-0.05, 0) is 43.5 Å². The van der Waals surface area contributed by atoms with E-state index in [1.165, 1.54) is 24.8 Å². The third-order valence-electron chi connectivity index (χ3n) is 2.80. The van der Waals surface area contributed by atoms with Gasteiger partial charge in [0.25, 0.3) is 0 Å². The van der Waals surface area contributed by atoms with Crippen LogP contribution in [0, 0.1) is 0 Å². The van der Waals surface area contributed by atoms with Crippen molar-refractivity contribution in [1.29, 1.82) is 0 Å². The Morgan fingerprint density at radius 3 is 2.69 bits per heavy atom. The fourth-order valence-corrected chi connectivity index (χ4v) is 2.23. The quantitative estimate of drug-likeness (QED) is 0.757. The highest BCUT2D eigenvalue weighted by Gasteiger charge is 2.06. The van der Waals surface area contributed by atoms with Gasteiger partial charge in [-0.1, -0.05) is 44.0 Å². The van der Waals surface area contributed by atoms with E-state index in [4.69, 9.17) is 11.6 Å². The molecule has 90 valence electrons. The van der Waals surface area contributed by atoms with Gasteiger partial charge in [0, 0.05) is 11.1 Å². The molecule has 0 amide bonds. The van der Waals surface area contributed by atoms with E-state index in [1.807, 2.05) is 12.1 Å². The van der Waals surface area contributed by atoms with Gasteiger partial charge < -0.3 is 5.32 Å². The second kappa shape index (κ2) is 7.70. The minimum atomic E-state index is 0.647. The molecular formula is C14H22ClN. The van der Waals surface area contributed by atoms with E-state index >= 15 is 0 Å². The van der Waals surface area contributed by atoms with E-state index in [0.717, 1.165) is 18.0 Å². The zero-order valence-corrected chi connectivity index (χ0v) is 11.1. The number of aryl methyl sites for hydroxylation is 1. The van der Waals surface area contributed by atoms with Crippen molar-refractivity contribution in [1.82, 2.24) is 5.32 Å². The van der Waals surface area contributed by atoms with Gasteiger partial charge in [0.1, 0.15) is 0 Å². The SMILES string of the molecule is CCCC(CCc1cccc(Cl)c1)NCC. The molecule has 0 heterocycles.